The number of methoxy groups -OCH3 is 1. The molecule has 4 rings (SSSR count). The van der Waals surface area contributed by atoms with Gasteiger partial charge in [0.15, 0.2) is 0 Å². The second-order valence-corrected chi connectivity index (χ2v) is 7.98. The number of ether oxygens (including phenoxy) is 1. The second kappa shape index (κ2) is 8.30. The maximum absolute atomic E-state index is 13.8. The summed E-state index contributed by atoms with van der Waals surface area (Å²) in [5.74, 6) is 0.207. The summed E-state index contributed by atoms with van der Waals surface area (Å²) < 4.78 is 46.7. The van der Waals surface area contributed by atoms with Crippen LogP contribution in [0.1, 0.15) is 41.9 Å². The number of hydrogen-bond acceptors (Lipinski definition) is 3. The third-order valence-corrected chi connectivity index (χ3v) is 6.07. The molecular formula is C23H25F3N2O2. The Bertz CT molecular complexity index is 906. The van der Waals surface area contributed by atoms with E-state index >= 15 is 0 Å². The fourth-order valence-electron chi connectivity index (χ4n) is 4.53. The van der Waals surface area contributed by atoms with Crippen molar-refractivity contribution in [2.24, 2.45) is 0 Å². The lowest BCUT2D eigenvalue weighted by Gasteiger charge is -2.27. The minimum atomic E-state index is -4.47. The van der Waals surface area contributed by atoms with Gasteiger partial charge < -0.3 is 15.0 Å². The molecule has 0 spiro atoms. The Morgan fingerprint density at radius 1 is 1.13 bits per heavy atom. The number of nitrogens with one attached hydrogen (secondary N) is 1. The highest BCUT2D eigenvalue weighted by Gasteiger charge is 2.39. The van der Waals surface area contributed by atoms with E-state index < -0.39 is 11.7 Å². The summed E-state index contributed by atoms with van der Waals surface area (Å²) in [4.78, 5) is 14.8. The van der Waals surface area contributed by atoms with Crippen LogP contribution in [0.25, 0.3) is 0 Å². The number of carbonyl (C=O) groups is 1. The van der Waals surface area contributed by atoms with Crippen LogP contribution in [0.5, 0.6) is 5.75 Å². The van der Waals surface area contributed by atoms with E-state index in [0.29, 0.717) is 18.0 Å². The predicted molar refractivity (Wildman–Crippen MR) is 109 cm³/mol. The molecule has 1 amide bonds. The van der Waals surface area contributed by atoms with Gasteiger partial charge in [-0.05, 0) is 67.1 Å². The van der Waals surface area contributed by atoms with Gasteiger partial charge in [-0.1, -0.05) is 18.2 Å². The molecule has 0 aromatic heterocycles. The topological polar surface area (TPSA) is 41.6 Å². The van der Waals surface area contributed by atoms with Gasteiger partial charge in [-0.2, -0.15) is 13.2 Å². The van der Waals surface area contributed by atoms with Crippen LogP contribution in [-0.4, -0.2) is 32.1 Å². The van der Waals surface area contributed by atoms with Crippen LogP contribution in [-0.2, 0) is 17.4 Å². The van der Waals surface area contributed by atoms with Crippen molar-refractivity contribution in [3.63, 3.8) is 0 Å². The molecule has 0 saturated carbocycles. The highest BCUT2D eigenvalue weighted by atomic mass is 19.4. The van der Waals surface area contributed by atoms with Crippen molar-refractivity contribution in [3.05, 3.63) is 59.2 Å². The molecule has 4 nitrogen and oxygen atoms in total. The molecule has 1 fully saturated rings. The van der Waals surface area contributed by atoms with Gasteiger partial charge in [-0.3, -0.25) is 4.79 Å². The first-order valence-electron chi connectivity index (χ1n) is 10.2. The fourth-order valence-corrected chi connectivity index (χ4v) is 4.53. The number of fused-ring (bicyclic) bond motifs is 1. The van der Waals surface area contributed by atoms with Crippen molar-refractivity contribution in [1.29, 1.82) is 0 Å². The van der Waals surface area contributed by atoms with Gasteiger partial charge in [0.2, 0.25) is 5.91 Å². The molecule has 7 heteroatoms. The molecule has 1 saturated heterocycles. The molecule has 0 radical (unpaired) electrons. The monoisotopic (exact) mass is 418 g/mol. The zero-order chi connectivity index (χ0) is 21.3. The minimum Gasteiger partial charge on any atom is -0.497 e. The normalized spacial score (nSPS) is 22.0. The van der Waals surface area contributed by atoms with Gasteiger partial charge in [0.05, 0.1) is 12.7 Å². The third kappa shape index (κ3) is 4.17. The first-order chi connectivity index (χ1) is 14.4. The highest BCUT2D eigenvalue weighted by Crippen LogP contribution is 2.42. The van der Waals surface area contributed by atoms with Crippen LogP contribution in [0.4, 0.5) is 18.9 Å². The van der Waals surface area contributed by atoms with Crippen LogP contribution >= 0.6 is 0 Å². The Morgan fingerprint density at radius 2 is 1.90 bits per heavy atom. The maximum Gasteiger partial charge on any atom is 0.416 e. The van der Waals surface area contributed by atoms with E-state index in [0.717, 1.165) is 31.0 Å². The zero-order valence-corrected chi connectivity index (χ0v) is 16.8. The molecule has 2 aliphatic heterocycles. The number of amides is 1. The Labute approximate surface area is 174 Å². The van der Waals surface area contributed by atoms with Crippen LogP contribution in [0, 0.1) is 0 Å². The Hall–Kier alpha value is -2.54. The van der Waals surface area contributed by atoms with E-state index in [9.17, 15) is 18.0 Å². The van der Waals surface area contributed by atoms with Crippen molar-refractivity contribution >= 4 is 11.6 Å². The van der Waals surface area contributed by atoms with E-state index in [1.54, 1.807) is 30.2 Å². The number of anilines is 1. The van der Waals surface area contributed by atoms with Gasteiger partial charge in [0, 0.05) is 24.7 Å². The molecule has 2 aromatic carbocycles. The second-order valence-electron chi connectivity index (χ2n) is 7.98. The fraction of sp³-hybridized carbons (Fsp3) is 0.435. The van der Waals surface area contributed by atoms with Crippen molar-refractivity contribution < 1.29 is 22.7 Å². The molecule has 160 valence electrons. The summed E-state index contributed by atoms with van der Waals surface area (Å²) in [6.45, 7) is 1.26. The number of alkyl halides is 3. The van der Waals surface area contributed by atoms with E-state index in [1.165, 1.54) is 6.07 Å². The number of carbonyl (C=O) groups excluding carboxylic acids is 1. The van der Waals surface area contributed by atoms with Crippen LogP contribution in [0.2, 0.25) is 0 Å². The molecule has 1 N–H and O–H groups in total. The van der Waals surface area contributed by atoms with Crippen molar-refractivity contribution in [3.8, 4) is 5.75 Å². The minimum absolute atomic E-state index is 0.105. The summed E-state index contributed by atoms with van der Waals surface area (Å²) in [7, 11) is 1.56. The van der Waals surface area contributed by atoms with E-state index in [1.807, 2.05) is 12.1 Å². The lowest BCUT2D eigenvalue weighted by atomic mass is 9.88. The van der Waals surface area contributed by atoms with Crippen molar-refractivity contribution in [2.45, 2.75) is 43.8 Å². The lowest BCUT2D eigenvalue weighted by molar-refractivity contribution is -0.138. The molecule has 30 heavy (non-hydrogen) atoms. The van der Waals surface area contributed by atoms with Crippen LogP contribution < -0.4 is 15.0 Å². The van der Waals surface area contributed by atoms with Gasteiger partial charge in [0.1, 0.15) is 5.75 Å². The molecule has 2 aromatic rings. The van der Waals surface area contributed by atoms with Crippen LogP contribution in [0.15, 0.2) is 42.5 Å². The number of nitrogens with zero attached hydrogens (tertiary/aromatic N) is 1. The average molecular weight is 418 g/mol. The summed E-state index contributed by atoms with van der Waals surface area (Å²) in [6, 6.07) is 11.5. The van der Waals surface area contributed by atoms with Gasteiger partial charge in [-0.25, -0.2) is 0 Å². The molecular weight excluding hydrogens is 393 g/mol. The largest absolute Gasteiger partial charge is 0.497 e. The van der Waals surface area contributed by atoms with Gasteiger partial charge in [-0.15, -0.1) is 0 Å². The lowest BCUT2D eigenvalue weighted by Crippen LogP contribution is -2.41. The highest BCUT2D eigenvalue weighted by molar-refractivity contribution is 5.96. The molecule has 0 aliphatic carbocycles. The standard InChI is InChI=1S/C23H25F3N2O2/c1-30-18-9-7-15(8-10-18)16-12-19-20(23(24,25)26)5-2-6-21(19)28(22(29)13-16)14-17-4-3-11-27-17/h2,5-10,16-17,27H,3-4,11-14H2,1H3. The Morgan fingerprint density at radius 3 is 2.53 bits per heavy atom. The summed E-state index contributed by atoms with van der Waals surface area (Å²) in [6.07, 6.45) is -2.21. The van der Waals surface area contributed by atoms with Crippen molar-refractivity contribution in [2.75, 3.05) is 25.1 Å². The zero-order valence-electron chi connectivity index (χ0n) is 16.8. The molecule has 2 unspecified atom stereocenters. The van der Waals surface area contributed by atoms with Crippen molar-refractivity contribution in [1.82, 2.24) is 5.32 Å². The quantitative estimate of drug-likeness (QED) is 0.793. The summed E-state index contributed by atoms with van der Waals surface area (Å²) >= 11 is 0. The first-order valence-corrected chi connectivity index (χ1v) is 10.2. The van der Waals surface area contributed by atoms with Gasteiger partial charge in [0.25, 0.3) is 0 Å². The maximum atomic E-state index is 13.8. The third-order valence-electron chi connectivity index (χ3n) is 6.07. The van der Waals surface area contributed by atoms with E-state index in [4.69, 9.17) is 4.74 Å². The smallest absolute Gasteiger partial charge is 0.416 e. The average Bonchev–Trinajstić information content (AvgIpc) is 3.19. The van der Waals surface area contributed by atoms with Gasteiger partial charge >= 0.3 is 6.18 Å². The molecule has 2 atom stereocenters. The number of benzene rings is 2. The SMILES string of the molecule is COc1ccc(C2CC(=O)N(CC3CCCN3)c3cccc(C(F)(F)F)c3C2)cc1. The van der Waals surface area contributed by atoms with E-state index in [-0.39, 0.29) is 36.3 Å². The Balaban J connectivity index is 1.76. The molecule has 2 aliphatic rings. The number of rotatable bonds is 4. The predicted octanol–water partition coefficient (Wildman–Crippen LogP) is 4.53. The summed E-state index contributed by atoms with van der Waals surface area (Å²) in [5, 5.41) is 3.35. The van der Waals surface area contributed by atoms with E-state index in [2.05, 4.69) is 5.32 Å². The first kappa shape index (κ1) is 20.7. The molecule has 2 heterocycles. The Kier molecular flexibility index (Phi) is 5.73. The number of hydrogen-bond donors (Lipinski definition) is 1. The molecule has 0 bridgehead atoms. The van der Waals surface area contributed by atoms with Crippen LogP contribution in [0.3, 0.4) is 0 Å². The summed E-state index contributed by atoms with van der Waals surface area (Å²) in [5.41, 5.74) is 0.778. The number of halogens is 3.